The Balaban J connectivity index is 1.23. The fourth-order valence-corrected chi connectivity index (χ4v) is 6.14. The van der Waals surface area contributed by atoms with Crippen molar-refractivity contribution in [1.82, 2.24) is 19.7 Å². The summed E-state index contributed by atoms with van der Waals surface area (Å²) < 4.78 is 2.20. The first-order chi connectivity index (χ1) is 15.3. The maximum Gasteiger partial charge on any atom is 0.137 e. The Labute approximate surface area is 184 Å². The lowest BCUT2D eigenvalue weighted by atomic mass is 9.64. The van der Waals surface area contributed by atoms with E-state index in [1.165, 1.54) is 44.1 Å². The van der Waals surface area contributed by atoms with E-state index < -0.39 is 0 Å². The predicted octanol–water partition coefficient (Wildman–Crippen LogP) is 5.24. The molecule has 0 aromatic carbocycles. The van der Waals surface area contributed by atoms with Crippen LogP contribution in [0.3, 0.4) is 0 Å². The summed E-state index contributed by atoms with van der Waals surface area (Å²) in [6, 6.07) is 11.4. The largest absolute Gasteiger partial charge is 0.367 e. The predicted molar refractivity (Wildman–Crippen MR) is 125 cm³/mol. The van der Waals surface area contributed by atoms with Crippen molar-refractivity contribution in [3.05, 3.63) is 48.3 Å². The van der Waals surface area contributed by atoms with E-state index in [2.05, 4.69) is 51.6 Å². The molecule has 3 fully saturated rings. The molecule has 0 amide bonds. The van der Waals surface area contributed by atoms with Crippen molar-refractivity contribution in [1.29, 1.82) is 0 Å². The molecule has 162 valence electrons. The van der Waals surface area contributed by atoms with Crippen LogP contribution in [0.1, 0.15) is 62.8 Å². The van der Waals surface area contributed by atoms with Crippen molar-refractivity contribution in [3.63, 3.8) is 0 Å². The van der Waals surface area contributed by atoms with Gasteiger partial charge in [0, 0.05) is 12.2 Å². The van der Waals surface area contributed by atoms with Gasteiger partial charge >= 0.3 is 0 Å². The number of piperidine rings is 1. The number of aromatic nitrogens is 3. The molecule has 0 radical (unpaired) electrons. The van der Waals surface area contributed by atoms with Gasteiger partial charge in [-0.1, -0.05) is 31.7 Å². The molecule has 31 heavy (non-hydrogen) atoms. The maximum atomic E-state index is 4.92. The second-order valence-electron chi connectivity index (χ2n) is 9.80. The SMILES string of the molecule is c1cc(NC2CCNCC2)nc(-c2cnc3cc(C4CCC4C4CCCC4)ccn23)c1. The summed E-state index contributed by atoms with van der Waals surface area (Å²) in [5.74, 6) is 3.57. The Hall–Kier alpha value is -2.40. The van der Waals surface area contributed by atoms with Crippen molar-refractivity contribution in [2.45, 2.75) is 63.3 Å². The van der Waals surface area contributed by atoms with Gasteiger partial charge in [0.05, 0.1) is 17.6 Å². The maximum absolute atomic E-state index is 4.92. The molecule has 3 aliphatic rings. The van der Waals surface area contributed by atoms with Crippen LogP contribution in [-0.4, -0.2) is 33.5 Å². The van der Waals surface area contributed by atoms with Gasteiger partial charge in [-0.3, -0.25) is 4.40 Å². The molecule has 2 unspecified atom stereocenters. The molecule has 2 N–H and O–H groups in total. The molecule has 3 aromatic heterocycles. The third-order valence-corrected chi connectivity index (χ3v) is 8.00. The molecule has 4 heterocycles. The standard InChI is InChI=1S/C26H33N5/c1-2-5-18(4-1)21-8-9-22(21)19-12-15-31-24(17-28-26(31)16-19)23-6-3-7-25(30-23)29-20-10-13-27-14-11-20/h3,6-7,12,15-18,20-22,27H,1-2,4-5,8-11,13-14H2,(H,29,30). The molecular formula is C26H33N5. The van der Waals surface area contributed by atoms with Crippen LogP contribution >= 0.6 is 0 Å². The van der Waals surface area contributed by atoms with E-state index in [0.29, 0.717) is 6.04 Å². The fraction of sp³-hybridized carbons (Fsp3) is 0.538. The summed E-state index contributed by atoms with van der Waals surface area (Å²) in [5, 5.41) is 7.04. The average molecular weight is 416 g/mol. The number of rotatable bonds is 5. The number of pyridine rings is 2. The van der Waals surface area contributed by atoms with E-state index in [0.717, 1.165) is 66.5 Å². The molecular weight excluding hydrogens is 382 g/mol. The summed E-state index contributed by atoms with van der Waals surface area (Å²) >= 11 is 0. The zero-order chi connectivity index (χ0) is 20.6. The van der Waals surface area contributed by atoms with E-state index in [1.54, 1.807) is 0 Å². The molecule has 6 rings (SSSR count). The molecule has 1 aliphatic heterocycles. The Morgan fingerprint density at radius 2 is 1.84 bits per heavy atom. The fourth-order valence-electron chi connectivity index (χ4n) is 6.14. The molecule has 2 aliphatic carbocycles. The number of hydrogen-bond acceptors (Lipinski definition) is 4. The van der Waals surface area contributed by atoms with Crippen molar-refractivity contribution in [2.24, 2.45) is 11.8 Å². The van der Waals surface area contributed by atoms with Crippen LogP contribution in [0.2, 0.25) is 0 Å². The van der Waals surface area contributed by atoms with E-state index in [4.69, 9.17) is 9.97 Å². The zero-order valence-corrected chi connectivity index (χ0v) is 18.3. The Kier molecular flexibility index (Phi) is 5.15. The number of hydrogen-bond donors (Lipinski definition) is 2. The quantitative estimate of drug-likeness (QED) is 0.598. The normalized spacial score (nSPS) is 25.0. The summed E-state index contributed by atoms with van der Waals surface area (Å²) in [5.41, 5.74) is 4.58. The highest BCUT2D eigenvalue weighted by atomic mass is 15.1. The van der Waals surface area contributed by atoms with Crippen LogP contribution in [0.4, 0.5) is 5.82 Å². The van der Waals surface area contributed by atoms with E-state index in [1.807, 2.05) is 6.20 Å². The number of fused-ring (bicyclic) bond motifs is 1. The first-order valence-electron chi connectivity index (χ1n) is 12.3. The third-order valence-electron chi connectivity index (χ3n) is 8.00. The van der Waals surface area contributed by atoms with Gasteiger partial charge in [0.15, 0.2) is 0 Å². The lowest BCUT2D eigenvalue weighted by Gasteiger charge is -2.41. The van der Waals surface area contributed by atoms with Gasteiger partial charge in [-0.05, 0) is 86.4 Å². The van der Waals surface area contributed by atoms with E-state index in [9.17, 15) is 0 Å². The monoisotopic (exact) mass is 415 g/mol. The molecule has 5 heteroatoms. The van der Waals surface area contributed by atoms with Gasteiger partial charge in [0.2, 0.25) is 0 Å². The zero-order valence-electron chi connectivity index (χ0n) is 18.3. The highest BCUT2D eigenvalue weighted by Crippen LogP contribution is 2.51. The molecule has 3 aromatic rings. The van der Waals surface area contributed by atoms with Crippen LogP contribution < -0.4 is 10.6 Å². The molecule has 2 atom stereocenters. The minimum atomic E-state index is 0.504. The molecule has 0 bridgehead atoms. The number of anilines is 1. The molecule has 1 saturated heterocycles. The van der Waals surface area contributed by atoms with Crippen molar-refractivity contribution >= 4 is 11.5 Å². The summed E-state index contributed by atoms with van der Waals surface area (Å²) in [7, 11) is 0. The minimum Gasteiger partial charge on any atom is -0.367 e. The minimum absolute atomic E-state index is 0.504. The third kappa shape index (κ3) is 3.73. The van der Waals surface area contributed by atoms with Crippen LogP contribution in [0.15, 0.2) is 42.7 Å². The van der Waals surface area contributed by atoms with Crippen LogP contribution in [-0.2, 0) is 0 Å². The second-order valence-corrected chi connectivity index (χ2v) is 9.80. The average Bonchev–Trinajstić information content (AvgIpc) is 3.44. The van der Waals surface area contributed by atoms with Crippen LogP contribution in [0.25, 0.3) is 17.0 Å². The van der Waals surface area contributed by atoms with Crippen LogP contribution in [0, 0.1) is 11.8 Å². The van der Waals surface area contributed by atoms with Gasteiger partial charge in [0.1, 0.15) is 11.5 Å². The molecule has 0 spiro atoms. The van der Waals surface area contributed by atoms with Gasteiger partial charge in [-0.15, -0.1) is 0 Å². The van der Waals surface area contributed by atoms with Crippen molar-refractivity contribution < 1.29 is 0 Å². The van der Waals surface area contributed by atoms with Crippen LogP contribution in [0.5, 0.6) is 0 Å². The van der Waals surface area contributed by atoms with Gasteiger partial charge < -0.3 is 10.6 Å². The van der Waals surface area contributed by atoms with Gasteiger partial charge in [0.25, 0.3) is 0 Å². The van der Waals surface area contributed by atoms with Crippen molar-refractivity contribution in [2.75, 3.05) is 18.4 Å². The summed E-state index contributed by atoms with van der Waals surface area (Å²) in [6.07, 6.45) is 15.0. The lowest BCUT2D eigenvalue weighted by molar-refractivity contribution is 0.166. The Morgan fingerprint density at radius 1 is 0.968 bits per heavy atom. The molecule has 2 saturated carbocycles. The lowest BCUT2D eigenvalue weighted by Crippen LogP contribution is -2.35. The first-order valence-corrected chi connectivity index (χ1v) is 12.3. The van der Waals surface area contributed by atoms with Crippen molar-refractivity contribution in [3.8, 4) is 11.4 Å². The second kappa shape index (κ2) is 8.27. The highest BCUT2D eigenvalue weighted by Gasteiger charge is 2.38. The van der Waals surface area contributed by atoms with E-state index in [-0.39, 0.29) is 0 Å². The topological polar surface area (TPSA) is 54.2 Å². The summed E-state index contributed by atoms with van der Waals surface area (Å²) in [4.78, 5) is 9.68. The number of nitrogens with one attached hydrogen (secondary N) is 2. The first kappa shape index (κ1) is 19.3. The van der Waals surface area contributed by atoms with Gasteiger partial charge in [-0.25, -0.2) is 9.97 Å². The Morgan fingerprint density at radius 3 is 2.65 bits per heavy atom. The number of nitrogens with zero attached hydrogens (tertiary/aromatic N) is 3. The van der Waals surface area contributed by atoms with E-state index >= 15 is 0 Å². The molecule has 5 nitrogen and oxygen atoms in total. The number of imidazole rings is 1. The summed E-state index contributed by atoms with van der Waals surface area (Å²) in [6.45, 7) is 2.16. The smallest absolute Gasteiger partial charge is 0.137 e. The highest BCUT2D eigenvalue weighted by molar-refractivity contribution is 5.62. The van der Waals surface area contributed by atoms with Gasteiger partial charge in [-0.2, -0.15) is 0 Å². The Bertz CT molecular complexity index is 1040.